The number of benzene rings is 3. The summed E-state index contributed by atoms with van der Waals surface area (Å²) in [5.41, 5.74) is 1.94. The molecule has 1 unspecified atom stereocenters. The van der Waals surface area contributed by atoms with Crippen LogP contribution in [0.5, 0.6) is 0 Å². The molecule has 0 saturated carbocycles. The molecule has 1 amide bonds. The third-order valence-electron chi connectivity index (χ3n) is 7.44. The number of hydrogen-bond donors (Lipinski definition) is 2. The molecule has 4 rings (SSSR count). The summed E-state index contributed by atoms with van der Waals surface area (Å²) in [6.07, 6.45) is 0.995. The van der Waals surface area contributed by atoms with Crippen LogP contribution in [-0.4, -0.2) is 50.0 Å². The van der Waals surface area contributed by atoms with Crippen molar-refractivity contribution in [2.45, 2.75) is 36.5 Å². The van der Waals surface area contributed by atoms with Crippen molar-refractivity contribution >= 4 is 31.9 Å². The summed E-state index contributed by atoms with van der Waals surface area (Å²) >= 11 is 3.53. The number of amides is 1. The predicted octanol–water partition coefficient (Wildman–Crippen LogP) is 4.73. The number of carbonyl (C=O) groups excluding carboxylic acids is 1. The van der Waals surface area contributed by atoms with Gasteiger partial charge in [0.15, 0.2) is 11.6 Å². The molecule has 0 radical (unpaired) electrons. The van der Waals surface area contributed by atoms with E-state index in [0.717, 1.165) is 33.3 Å². The van der Waals surface area contributed by atoms with Gasteiger partial charge in [0.25, 0.3) is 0 Å². The largest absolute Gasteiger partial charge is 0.396 e. The summed E-state index contributed by atoms with van der Waals surface area (Å²) < 4.78 is 55.6. The van der Waals surface area contributed by atoms with Crippen LogP contribution >= 0.6 is 15.9 Å². The van der Waals surface area contributed by atoms with Gasteiger partial charge >= 0.3 is 0 Å². The second-order valence-corrected chi connectivity index (χ2v) is 12.8. The standard InChI is InChI=1S/C29H31BrF2N2O4S/c1-20-7-8-21(16-25(20)30)15-22(19-35)18-33-28(36)29(23-5-3-2-4-6-23)11-13-34(14-12-29)39(37,38)24-9-10-26(31)27(32)17-24/h2-10,16-17,22,35H,11-15,18-19H2,1H3,(H,33,36). The third-order valence-corrected chi connectivity index (χ3v) is 10.2. The molecule has 3 aromatic rings. The number of aliphatic hydroxyl groups is 1. The average Bonchev–Trinajstić information content (AvgIpc) is 2.94. The first-order valence-electron chi connectivity index (χ1n) is 12.7. The molecule has 0 aliphatic carbocycles. The minimum Gasteiger partial charge on any atom is -0.396 e. The van der Waals surface area contributed by atoms with Crippen LogP contribution in [0.4, 0.5) is 8.78 Å². The average molecular weight is 622 g/mol. The molecule has 0 aromatic heterocycles. The van der Waals surface area contributed by atoms with Crippen LogP contribution in [0.25, 0.3) is 0 Å². The zero-order valence-electron chi connectivity index (χ0n) is 21.5. The molecular formula is C29H31BrF2N2O4S. The van der Waals surface area contributed by atoms with Crippen LogP contribution in [0, 0.1) is 24.5 Å². The Hall–Kier alpha value is -2.66. The lowest BCUT2D eigenvalue weighted by Crippen LogP contribution is -2.53. The molecule has 1 saturated heterocycles. The fourth-order valence-electron chi connectivity index (χ4n) is 5.00. The maximum absolute atomic E-state index is 13.8. The third kappa shape index (κ3) is 6.40. The first kappa shape index (κ1) is 29.3. The van der Waals surface area contributed by atoms with Crippen molar-refractivity contribution < 1.29 is 27.1 Å². The Morgan fingerprint density at radius 2 is 1.74 bits per heavy atom. The number of sulfonamides is 1. The van der Waals surface area contributed by atoms with Gasteiger partial charge in [-0.3, -0.25) is 4.79 Å². The molecule has 39 heavy (non-hydrogen) atoms. The second-order valence-electron chi connectivity index (χ2n) is 9.97. The molecule has 0 spiro atoms. The lowest BCUT2D eigenvalue weighted by Gasteiger charge is -2.40. The maximum atomic E-state index is 13.8. The topological polar surface area (TPSA) is 86.7 Å². The van der Waals surface area contributed by atoms with E-state index in [1.54, 1.807) is 0 Å². The van der Waals surface area contributed by atoms with Gasteiger partial charge in [-0.05, 0) is 67.1 Å². The van der Waals surface area contributed by atoms with Gasteiger partial charge in [0.2, 0.25) is 15.9 Å². The molecule has 208 valence electrons. The van der Waals surface area contributed by atoms with E-state index in [4.69, 9.17) is 0 Å². The van der Waals surface area contributed by atoms with Gasteiger partial charge in [-0.15, -0.1) is 0 Å². The number of nitrogens with zero attached hydrogens (tertiary/aromatic N) is 1. The first-order chi connectivity index (χ1) is 18.6. The molecular weight excluding hydrogens is 590 g/mol. The van der Waals surface area contributed by atoms with Crippen LogP contribution in [0.15, 0.2) is 76.1 Å². The Morgan fingerprint density at radius 3 is 2.36 bits per heavy atom. The number of rotatable bonds is 9. The van der Waals surface area contributed by atoms with E-state index in [-0.39, 0.29) is 55.8 Å². The Balaban J connectivity index is 1.50. The van der Waals surface area contributed by atoms with Gasteiger partial charge in [0.1, 0.15) is 0 Å². The summed E-state index contributed by atoms with van der Waals surface area (Å²) in [6.45, 7) is 2.21. The van der Waals surface area contributed by atoms with E-state index in [1.165, 1.54) is 4.31 Å². The van der Waals surface area contributed by atoms with Crippen molar-refractivity contribution in [3.8, 4) is 0 Å². The molecule has 1 fully saturated rings. The Kier molecular flexibility index (Phi) is 9.21. The van der Waals surface area contributed by atoms with Gasteiger partial charge in [0, 0.05) is 36.6 Å². The SMILES string of the molecule is Cc1ccc(CC(CO)CNC(=O)C2(c3ccccc3)CCN(S(=O)(=O)c3ccc(F)c(F)c3)CC2)cc1Br. The van der Waals surface area contributed by atoms with E-state index >= 15 is 0 Å². The molecule has 3 aromatic carbocycles. The zero-order valence-corrected chi connectivity index (χ0v) is 23.9. The molecule has 1 atom stereocenters. The number of nitrogens with one attached hydrogen (secondary N) is 1. The van der Waals surface area contributed by atoms with E-state index < -0.39 is 27.1 Å². The number of aliphatic hydroxyl groups excluding tert-OH is 1. The highest BCUT2D eigenvalue weighted by Gasteiger charge is 2.45. The van der Waals surface area contributed by atoms with Gasteiger partial charge in [-0.25, -0.2) is 17.2 Å². The second kappa shape index (κ2) is 12.2. The highest BCUT2D eigenvalue weighted by Crippen LogP contribution is 2.37. The summed E-state index contributed by atoms with van der Waals surface area (Å²) in [5, 5.41) is 13.0. The Labute approximate surface area is 236 Å². The smallest absolute Gasteiger partial charge is 0.243 e. The molecule has 2 N–H and O–H groups in total. The van der Waals surface area contributed by atoms with Crippen molar-refractivity contribution in [2.24, 2.45) is 5.92 Å². The van der Waals surface area contributed by atoms with Crippen LogP contribution in [-0.2, 0) is 26.7 Å². The highest BCUT2D eigenvalue weighted by molar-refractivity contribution is 9.10. The minimum absolute atomic E-state index is 0.0322. The summed E-state index contributed by atoms with van der Waals surface area (Å²) in [5.74, 6) is -2.79. The molecule has 1 aliphatic heterocycles. The maximum Gasteiger partial charge on any atom is 0.243 e. The summed E-state index contributed by atoms with van der Waals surface area (Å²) in [7, 11) is -4.07. The summed E-state index contributed by atoms with van der Waals surface area (Å²) in [6, 6.07) is 17.7. The molecule has 0 bridgehead atoms. The van der Waals surface area contributed by atoms with E-state index in [9.17, 15) is 27.1 Å². The predicted molar refractivity (Wildman–Crippen MR) is 149 cm³/mol. The number of aryl methyl sites for hydroxylation is 1. The first-order valence-corrected chi connectivity index (χ1v) is 14.9. The van der Waals surface area contributed by atoms with E-state index in [1.807, 2.05) is 55.5 Å². The van der Waals surface area contributed by atoms with Crippen molar-refractivity contribution in [1.82, 2.24) is 9.62 Å². The van der Waals surface area contributed by atoms with Crippen LogP contribution in [0.3, 0.4) is 0 Å². The van der Waals surface area contributed by atoms with Crippen molar-refractivity contribution in [3.05, 3.63) is 99.5 Å². The monoisotopic (exact) mass is 620 g/mol. The highest BCUT2D eigenvalue weighted by atomic mass is 79.9. The Morgan fingerprint density at radius 1 is 1.05 bits per heavy atom. The van der Waals surface area contributed by atoms with Gasteiger partial charge in [-0.1, -0.05) is 58.4 Å². The summed E-state index contributed by atoms with van der Waals surface area (Å²) in [4.78, 5) is 13.4. The fraction of sp³-hybridized carbons (Fsp3) is 0.345. The van der Waals surface area contributed by atoms with Gasteiger partial charge in [-0.2, -0.15) is 4.31 Å². The lowest BCUT2D eigenvalue weighted by atomic mass is 9.72. The van der Waals surface area contributed by atoms with Gasteiger partial charge < -0.3 is 10.4 Å². The molecule has 10 heteroatoms. The molecule has 1 heterocycles. The van der Waals surface area contributed by atoms with E-state index in [2.05, 4.69) is 21.2 Å². The number of carbonyl (C=O) groups is 1. The van der Waals surface area contributed by atoms with Crippen LogP contribution in [0.2, 0.25) is 0 Å². The van der Waals surface area contributed by atoms with E-state index in [0.29, 0.717) is 12.5 Å². The number of piperidine rings is 1. The Bertz CT molecular complexity index is 1430. The minimum atomic E-state index is -4.07. The van der Waals surface area contributed by atoms with Crippen molar-refractivity contribution in [1.29, 1.82) is 0 Å². The fourth-order valence-corrected chi connectivity index (χ4v) is 6.88. The quantitative estimate of drug-likeness (QED) is 0.362. The van der Waals surface area contributed by atoms with Gasteiger partial charge in [0.05, 0.1) is 10.3 Å². The van der Waals surface area contributed by atoms with Crippen LogP contribution < -0.4 is 5.32 Å². The molecule has 1 aliphatic rings. The normalized spacial score (nSPS) is 16.5. The lowest BCUT2D eigenvalue weighted by molar-refractivity contribution is -0.128. The molecule has 6 nitrogen and oxygen atoms in total. The number of hydrogen-bond acceptors (Lipinski definition) is 4. The number of halogens is 3. The van der Waals surface area contributed by atoms with Crippen molar-refractivity contribution in [2.75, 3.05) is 26.2 Å². The van der Waals surface area contributed by atoms with Crippen LogP contribution in [0.1, 0.15) is 29.5 Å². The zero-order chi connectivity index (χ0) is 28.2. The van der Waals surface area contributed by atoms with Crippen molar-refractivity contribution in [3.63, 3.8) is 0 Å².